The standard InChI is InChI=1S/C20H26NO2/c1-3-5-15-22-19-13-9-7-11-17(19)21-18-12-8-10-14-20(18)23-16-6-4-2/h7-14H,3-6,15-16H2,1-2H3. The van der Waals surface area contributed by atoms with Gasteiger partial charge in [-0.3, -0.25) is 0 Å². The second kappa shape index (κ2) is 9.78. The van der Waals surface area contributed by atoms with Crippen LogP contribution in [-0.4, -0.2) is 13.2 Å². The molecule has 0 spiro atoms. The molecule has 2 aromatic rings. The minimum Gasteiger partial charge on any atom is -0.491 e. The predicted octanol–water partition coefficient (Wildman–Crippen LogP) is 5.61. The van der Waals surface area contributed by atoms with Crippen LogP contribution in [0.15, 0.2) is 48.5 Å². The van der Waals surface area contributed by atoms with Gasteiger partial charge in [-0.1, -0.05) is 51.0 Å². The zero-order chi connectivity index (χ0) is 16.3. The fourth-order valence-corrected chi connectivity index (χ4v) is 2.13. The van der Waals surface area contributed by atoms with E-state index in [0.29, 0.717) is 0 Å². The highest BCUT2D eigenvalue weighted by Gasteiger charge is 2.09. The molecule has 0 aliphatic heterocycles. The van der Waals surface area contributed by atoms with Crippen molar-refractivity contribution < 1.29 is 9.47 Å². The fourth-order valence-electron chi connectivity index (χ4n) is 2.13. The number of para-hydroxylation sites is 4. The van der Waals surface area contributed by atoms with E-state index in [1.165, 1.54) is 0 Å². The van der Waals surface area contributed by atoms with Gasteiger partial charge in [0.2, 0.25) is 0 Å². The topological polar surface area (TPSA) is 32.6 Å². The van der Waals surface area contributed by atoms with Gasteiger partial charge in [-0.25, -0.2) is 5.32 Å². The van der Waals surface area contributed by atoms with E-state index in [0.717, 1.165) is 61.8 Å². The Bertz CT molecular complexity index is 532. The van der Waals surface area contributed by atoms with Crippen LogP contribution in [0.1, 0.15) is 39.5 Å². The minimum absolute atomic E-state index is 0.720. The van der Waals surface area contributed by atoms with Crippen molar-refractivity contribution in [2.45, 2.75) is 39.5 Å². The van der Waals surface area contributed by atoms with E-state index in [1.807, 2.05) is 48.5 Å². The first-order valence-corrected chi connectivity index (χ1v) is 8.50. The Kier molecular flexibility index (Phi) is 7.31. The number of benzene rings is 2. The summed E-state index contributed by atoms with van der Waals surface area (Å²) in [7, 11) is 0. The Labute approximate surface area is 139 Å². The Morgan fingerprint density at radius 2 is 1.13 bits per heavy atom. The lowest BCUT2D eigenvalue weighted by molar-refractivity contribution is 0.307. The second-order valence-corrected chi connectivity index (χ2v) is 5.45. The van der Waals surface area contributed by atoms with E-state index in [2.05, 4.69) is 13.8 Å². The fraction of sp³-hybridized carbons (Fsp3) is 0.400. The van der Waals surface area contributed by atoms with E-state index >= 15 is 0 Å². The van der Waals surface area contributed by atoms with Crippen molar-refractivity contribution in [3.8, 4) is 11.5 Å². The molecule has 0 amide bonds. The maximum Gasteiger partial charge on any atom is 0.144 e. The molecule has 0 heterocycles. The molecule has 0 aliphatic rings. The normalized spacial score (nSPS) is 10.3. The number of nitrogens with zero attached hydrogens (tertiary/aromatic N) is 1. The van der Waals surface area contributed by atoms with E-state index in [-0.39, 0.29) is 0 Å². The number of hydrogen-bond donors (Lipinski definition) is 0. The van der Waals surface area contributed by atoms with Crippen LogP contribution in [0.3, 0.4) is 0 Å². The molecule has 0 saturated carbocycles. The summed E-state index contributed by atoms with van der Waals surface area (Å²) in [5.41, 5.74) is 1.69. The smallest absolute Gasteiger partial charge is 0.144 e. The zero-order valence-corrected chi connectivity index (χ0v) is 14.1. The lowest BCUT2D eigenvalue weighted by atomic mass is 10.2. The van der Waals surface area contributed by atoms with Crippen LogP contribution < -0.4 is 14.8 Å². The Balaban J connectivity index is 2.09. The largest absolute Gasteiger partial charge is 0.491 e. The molecule has 23 heavy (non-hydrogen) atoms. The summed E-state index contributed by atoms with van der Waals surface area (Å²) in [5, 5.41) is 4.75. The first-order chi connectivity index (χ1) is 11.3. The first-order valence-electron chi connectivity index (χ1n) is 8.50. The molecule has 3 nitrogen and oxygen atoms in total. The molecule has 0 N–H and O–H groups in total. The van der Waals surface area contributed by atoms with Crippen LogP contribution in [0, 0.1) is 0 Å². The summed E-state index contributed by atoms with van der Waals surface area (Å²) in [4.78, 5) is 0. The molecule has 0 saturated heterocycles. The molecule has 0 aliphatic carbocycles. The summed E-state index contributed by atoms with van der Waals surface area (Å²) in [6.45, 7) is 5.75. The number of hydrogen-bond acceptors (Lipinski definition) is 2. The molecule has 0 fully saturated rings. The summed E-state index contributed by atoms with van der Waals surface area (Å²) in [5.74, 6) is 1.65. The van der Waals surface area contributed by atoms with Gasteiger partial charge >= 0.3 is 0 Å². The quantitative estimate of drug-likeness (QED) is 0.534. The van der Waals surface area contributed by atoms with Crippen molar-refractivity contribution in [1.29, 1.82) is 0 Å². The van der Waals surface area contributed by atoms with Crippen LogP contribution in [0.4, 0.5) is 11.4 Å². The van der Waals surface area contributed by atoms with Gasteiger partial charge in [0.1, 0.15) is 22.9 Å². The average molecular weight is 312 g/mol. The van der Waals surface area contributed by atoms with Gasteiger partial charge in [-0.05, 0) is 37.1 Å². The zero-order valence-electron chi connectivity index (χ0n) is 14.1. The van der Waals surface area contributed by atoms with Gasteiger partial charge in [-0.2, -0.15) is 0 Å². The molecular weight excluding hydrogens is 286 g/mol. The Hall–Kier alpha value is -2.16. The first kappa shape index (κ1) is 17.2. The van der Waals surface area contributed by atoms with Crippen LogP contribution in [-0.2, 0) is 0 Å². The van der Waals surface area contributed by atoms with Gasteiger partial charge < -0.3 is 9.47 Å². The highest BCUT2D eigenvalue weighted by molar-refractivity contribution is 5.61. The van der Waals surface area contributed by atoms with Gasteiger partial charge in [0.15, 0.2) is 0 Å². The van der Waals surface area contributed by atoms with Crippen LogP contribution >= 0.6 is 0 Å². The van der Waals surface area contributed by atoms with E-state index < -0.39 is 0 Å². The van der Waals surface area contributed by atoms with Crippen molar-refractivity contribution in [2.75, 3.05) is 13.2 Å². The lowest BCUT2D eigenvalue weighted by Crippen LogP contribution is -2.02. The van der Waals surface area contributed by atoms with E-state index in [4.69, 9.17) is 14.8 Å². The SMILES string of the molecule is CCCCOc1ccccc1[N]c1ccccc1OCCCC. The van der Waals surface area contributed by atoms with Crippen LogP contribution in [0.5, 0.6) is 11.5 Å². The number of ether oxygens (including phenoxy) is 2. The van der Waals surface area contributed by atoms with Gasteiger partial charge in [0.25, 0.3) is 0 Å². The Morgan fingerprint density at radius 3 is 1.57 bits per heavy atom. The Morgan fingerprint density at radius 1 is 0.696 bits per heavy atom. The molecule has 1 radical (unpaired) electrons. The number of unbranched alkanes of at least 4 members (excludes halogenated alkanes) is 2. The molecule has 0 unspecified atom stereocenters. The monoisotopic (exact) mass is 312 g/mol. The molecule has 3 heteroatoms. The molecule has 0 atom stereocenters. The van der Waals surface area contributed by atoms with Crippen molar-refractivity contribution in [3.63, 3.8) is 0 Å². The third-order valence-electron chi connectivity index (χ3n) is 3.48. The molecule has 2 aromatic carbocycles. The minimum atomic E-state index is 0.720. The maximum absolute atomic E-state index is 5.85. The van der Waals surface area contributed by atoms with Crippen LogP contribution in [0.2, 0.25) is 0 Å². The third kappa shape index (κ3) is 5.51. The van der Waals surface area contributed by atoms with E-state index in [9.17, 15) is 0 Å². The average Bonchev–Trinajstić information content (AvgIpc) is 2.58. The van der Waals surface area contributed by atoms with Crippen molar-refractivity contribution in [3.05, 3.63) is 48.5 Å². The van der Waals surface area contributed by atoms with Crippen LogP contribution in [0.25, 0.3) is 0 Å². The molecule has 0 aromatic heterocycles. The summed E-state index contributed by atoms with van der Waals surface area (Å²) >= 11 is 0. The van der Waals surface area contributed by atoms with Gasteiger partial charge in [0.05, 0.1) is 13.2 Å². The van der Waals surface area contributed by atoms with E-state index in [1.54, 1.807) is 0 Å². The van der Waals surface area contributed by atoms with Crippen molar-refractivity contribution in [1.82, 2.24) is 5.32 Å². The second-order valence-electron chi connectivity index (χ2n) is 5.45. The molecule has 0 bridgehead atoms. The summed E-state index contributed by atoms with van der Waals surface area (Å²) in [6, 6.07) is 15.8. The molecule has 2 rings (SSSR count). The molecular formula is C20H26NO2. The lowest BCUT2D eigenvalue weighted by Gasteiger charge is -2.14. The summed E-state index contributed by atoms with van der Waals surface area (Å²) in [6.07, 6.45) is 4.33. The van der Waals surface area contributed by atoms with Gasteiger partial charge in [0, 0.05) is 0 Å². The van der Waals surface area contributed by atoms with Crippen molar-refractivity contribution in [2.24, 2.45) is 0 Å². The number of rotatable bonds is 10. The van der Waals surface area contributed by atoms with Crippen molar-refractivity contribution >= 4 is 11.4 Å². The summed E-state index contributed by atoms with van der Waals surface area (Å²) < 4.78 is 11.7. The highest BCUT2D eigenvalue weighted by atomic mass is 16.5. The highest BCUT2D eigenvalue weighted by Crippen LogP contribution is 2.32. The maximum atomic E-state index is 5.85. The third-order valence-corrected chi connectivity index (χ3v) is 3.48. The van der Waals surface area contributed by atoms with Gasteiger partial charge in [-0.15, -0.1) is 0 Å². The molecule has 123 valence electrons. The predicted molar refractivity (Wildman–Crippen MR) is 95.1 cm³/mol.